The molecule has 3 rings (SSSR count). The first kappa shape index (κ1) is 17.8. The molecule has 5 heteroatoms. The van der Waals surface area contributed by atoms with Gasteiger partial charge in [-0.15, -0.1) is 11.8 Å². The Labute approximate surface area is 156 Å². The molecule has 0 heterocycles. The lowest BCUT2D eigenvalue weighted by atomic mass is 9.80. The Hall–Kier alpha value is -3.02. The number of rotatable bonds is 4. The van der Waals surface area contributed by atoms with E-state index in [9.17, 15) is 15.3 Å². The van der Waals surface area contributed by atoms with E-state index in [4.69, 9.17) is 4.74 Å². The van der Waals surface area contributed by atoms with Crippen molar-refractivity contribution >= 4 is 23.3 Å². The first-order chi connectivity index (χ1) is 12.7. The minimum Gasteiger partial charge on any atom is -0.465 e. The predicted octanol–water partition coefficient (Wildman–Crippen LogP) is 4.23. The quantitative estimate of drug-likeness (QED) is 0.602. The van der Waals surface area contributed by atoms with Crippen LogP contribution in [0.3, 0.4) is 0 Å². The molecule has 0 unspecified atom stereocenters. The van der Waals surface area contributed by atoms with E-state index in [1.165, 1.54) is 11.8 Å². The Balaban J connectivity index is 2.15. The molecular formula is C21H16N2O2S. The van der Waals surface area contributed by atoms with Crippen molar-refractivity contribution in [1.29, 1.82) is 10.5 Å². The van der Waals surface area contributed by atoms with Gasteiger partial charge in [0.15, 0.2) is 0 Å². The Morgan fingerprint density at radius 3 is 2.08 bits per heavy atom. The molecule has 128 valence electrons. The third-order valence-electron chi connectivity index (χ3n) is 4.17. The lowest BCUT2D eigenvalue weighted by molar-refractivity contribution is -0.139. The van der Waals surface area contributed by atoms with Crippen molar-refractivity contribution in [3.8, 4) is 12.1 Å². The van der Waals surface area contributed by atoms with Crippen LogP contribution in [-0.4, -0.2) is 18.3 Å². The van der Waals surface area contributed by atoms with Gasteiger partial charge in [0, 0.05) is 5.57 Å². The SMILES string of the molecule is CCOC(=O)CSC1c2ccccc2C(=C(C#N)C#N)c2ccccc21. The number of nitriles is 2. The number of allylic oxidation sites excluding steroid dienone is 1. The lowest BCUT2D eigenvalue weighted by Gasteiger charge is -2.29. The van der Waals surface area contributed by atoms with Crippen molar-refractivity contribution in [3.63, 3.8) is 0 Å². The van der Waals surface area contributed by atoms with Gasteiger partial charge in [-0.1, -0.05) is 48.5 Å². The van der Waals surface area contributed by atoms with E-state index in [0.29, 0.717) is 12.2 Å². The molecular weight excluding hydrogens is 344 g/mol. The van der Waals surface area contributed by atoms with E-state index in [-0.39, 0.29) is 22.5 Å². The number of hydrogen-bond acceptors (Lipinski definition) is 5. The molecule has 0 radical (unpaired) electrons. The van der Waals surface area contributed by atoms with Crippen molar-refractivity contribution in [2.24, 2.45) is 0 Å². The number of benzene rings is 2. The van der Waals surface area contributed by atoms with E-state index in [1.807, 2.05) is 60.7 Å². The van der Waals surface area contributed by atoms with E-state index in [2.05, 4.69) is 0 Å². The molecule has 26 heavy (non-hydrogen) atoms. The van der Waals surface area contributed by atoms with Crippen LogP contribution < -0.4 is 0 Å². The number of esters is 1. The van der Waals surface area contributed by atoms with Crippen LogP contribution in [0.15, 0.2) is 54.1 Å². The molecule has 2 aromatic rings. The number of carbonyl (C=O) groups is 1. The highest BCUT2D eigenvalue weighted by molar-refractivity contribution is 8.00. The van der Waals surface area contributed by atoms with Crippen molar-refractivity contribution in [3.05, 3.63) is 76.4 Å². The number of fused-ring (bicyclic) bond motifs is 2. The van der Waals surface area contributed by atoms with Crippen LogP contribution >= 0.6 is 11.8 Å². The average molecular weight is 360 g/mol. The zero-order chi connectivity index (χ0) is 18.5. The molecule has 0 aromatic heterocycles. The fraction of sp³-hybridized carbons (Fsp3) is 0.190. The van der Waals surface area contributed by atoms with Gasteiger partial charge in [-0.2, -0.15) is 10.5 Å². The molecule has 1 aliphatic rings. The Morgan fingerprint density at radius 1 is 1.04 bits per heavy atom. The average Bonchev–Trinajstić information content (AvgIpc) is 2.68. The molecule has 0 fully saturated rings. The molecule has 0 bridgehead atoms. The smallest absolute Gasteiger partial charge is 0.315 e. The van der Waals surface area contributed by atoms with Gasteiger partial charge in [0.2, 0.25) is 0 Å². The van der Waals surface area contributed by atoms with Crippen LogP contribution in [0.4, 0.5) is 0 Å². The second kappa shape index (κ2) is 7.91. The lowest BCUT2D eigenvalue weighted by Crippen LogP contribution is -2.15. The van der Waals surface area contributed by atoms with Gasteiger partial charge in [-0.05, 0) is 29.2 Å². The summed E-state index contributed by atoms with van der Waals surface area (Å²) in [6.45, 7) is 2.15. The second-order valence-electron chi connectivity index (χ2n) is 5.64. The maximum atomic E-state index is 11.8. The summed E-state index contributed by atoms with van der Waals surface area (Å²) in [6, 6.07) is 19.5. The number of nitrogens with zero attached hydrogens (tertiary/aromatic N) is 2. The standard InChI is InChI=1S/C21H16N2O2S/c1-2-25-19(24)13-26-21-17-9-5-3-7-15(17)20(14(11-22)12-23)16-8-4-6-10-18(16)21/h3-10,21H,2,13H2,1H3. The van der Waals surface area contributed by atoms with Gasteiger partial charge in [-0.25, -0.2) is 0 Å². The van der Waals surface area contributed by atoms with Crippen molar-refractivity contribution in [2.75, 3.05) is 12.4 Å². The predicted molar refractivity (Wildman–Crippen MR) is 101 cm³/mol. The molecule has 0 amide bonds. The Bertz CT molecular complexity index is 901. The molecule has 0 aliphatic heterocycles. The first-order valence-electron chi connectivity index (χ1n) is 8.21. The Kier molecular flexibility index (Phi) is 5.41. The van der Waals surface area contributed by atoms with Crippen molar-refractivity contribution in [2.45, 2.75) is 12.2 Å². The summed E-state index contributed by atoms with van der Waals surface area (Å²) < 4.78 is 5.05. The van der Waals surface area contributed by atoms with E-state index < -0.39 is 0 Å². The maximum absolute atomic E-state index is 11.8. The zero-order valence-corrected chi connectivity index (χ0v) is 15.0. The number of hydrogen-bond donors (Lipinski definition) is 0. The van der Waals surface area contributed by atoms with Crippen molar-refractivity contribution < 1.29 is 9.53 Å². The fourth-order valence-corrected chi connectivity index (χ4v) is 4.32. The summed E-state index contributed by atoms with van der Waals surface area (Å²) in [6.07, 6.45) is 0. The minimum absolute atomic E-state index is 0.0609. The van der Waals surface area contributed by atoms with Gasteiger partial charge >= 0.3 is 5.97 Å². The normalized spacial score (nSPS) is 14.4. The van der Waals surface area contributed by atoms with Crippen LogP contribution in [0.1, 0.15) is 34.4 Å². The maximum Gasteiger partial charge on any atom is 0.315 e. The summed E-state index contributed by atoms with van der Waals surface area (Å²) in [7, 11) is 0. The van der Waals surface area contributed by atoms with Crippen LogP contribution in [-0.2, 0) is 9.53 Å². The third-order valence-corrected chi connectivity index (χ3v) is 5.42. The third kappa shape index (κ3) is 3.22. The molecule has 0 atom stereocenters. The van der Waals surface area contributed by atoms with Crippen LogP contribution in [0, 0.1) is 22.7 Å². The van der Waals surface area contributed by atoms with Gasteiger partial charge in [0.05, 0.1) is 17.6 Å². The highest BCUT2D eigenvalue weighted by atomic mass is 32.2. The van der Waals surface area contributed by atoms with Crippen molar-refractivity contribution in [1.82, 2.24) is 0 Å². The number of thioether (sulfide) groups is 1. The Morgan fingerprint density at radius 2 is 1.58 bits per heavy atom. The van der Waals surface area contributed by atoms with E-state index in [1.54, 1.807) is 6.92 Å². The number of ether oxygens (including phenoxy) is 1. The summed E-state index contributed by atoms with van der Waals surface area (Å²) in [5.41, 5.74) is 4.49. The largest absolute Gasteiger partial charge is 0.465 e. The summed E-state index contributed by atoms with van der Waals surface area (Å²) in [5.74, 6) is -0.00706. The van der Waals surface area contributed by atoms with Gasteiger partial charge in [-0.3, -0.25) is 4.79 Å². The summed E-state index contributed by atoms with van der Waals surface area (Å²) in [4.78, 5) is 11.8. The first-order valence-corrected chi connectivity index (χ1v) is 9.26. The summed E-state index contributed by atoms with van der Waals surface area (Å²) in [5, 5.41) is 18.8. The molecule has 1 aliphatic carbocycles. The zero-order valence-electron chi connectivity index (χ0n) is 14.2. The van der Waals surface area contributed by atoms with Crippen LogP contribution in [0.2, 0.25) is 0 Å². The van der Waals surface area contributed by atoms with Crippen LogP contribution in [0.25, 0.3) is 5.57 Å². The molecule has 0 spiro atoms. The molecule has 0 saturated carbocycles. The minimum atomic E-state index is -0.247. The molecule has 4 nitrogen and oxygen atoms in total. The van der Waals surface area contributed by atoms with Gasteiger partial charge in [0.1, 0.15) is 17.7 Å². The monoisotopic (exact) mass is 360 g/mol. The second-order valence-corrected chi connectivity index (χ2v) is 6.74. The van der Waals surface area contributed by atoms with Crippen LogP contribution in [0.5, 0.6) is 0 Å². The topological polar surface area (TPSA) is 73.9 Å². The van der Waals surface area contributed by atoms with Gasteiger partial charge < -0.3 is 4.74 Å². The fourth-order valence-electron chi connectivity index (χ4n) is 3.16. The van der Waals surface area contributed by atoms with E-state index in [0.717, 1.165) is 22.3 Å². The number of carbonyl (C=O) groups excluding carboxylic acids is 1. The summed E-state index contributed by atoms with van der Waals surface area (Å²) >= 11 is 1.50. The molecule has 2 aromatic carbocycles. The molecule has 0 N–H and O–H groups in total. The van der Waals surface area contributed by atoms with E-state index >= 15 is 0 Å². The van der Waals surface area contributed by atoms with Gasteiger partial charge in [0.25, 0.3) is 0 Å². The molecule has 0 saturated heterocycles. The highest BCUT2D eigenvalue weighted by Gasteiger charge is 2.31. The highest BCUT2D eigenvalue weighted by Crippen LogP contribution is 2.48.